The zero-order valence-electron chi connectivity index (χ0n) is 9.00. The molecule has 2 aromatic rings. The lowest BCUT2D eigenvalue weighted by atomic mass is 10.2. The smallest absolute Gasteiger partial charge is 0.307 e. The second kappa shape index (κ2) is 5.84. The summed E-state index contributed by atoms with van der Waals surface area (Å²) in [6.45, 7) is 0. The first-order valence-electron chi connectivity index (χ1n) is 5.06. The summed E-state index contributed by atoms with van der Waals surface area (Å²) in [5, 5.41) is 11.7. The van der Waals surface area contributed by atoms with Crippen LogP contribution in [-0.4, -0.2) is 16.1 Å². The van der Waals surface area contributed by atoms with Crippen LogP contribution in [-0.2, 0) is 17.0 Å². The molecule has 1 N–H and O–H groups in total. The number of benzene rings is 1. The highest BCUT2D eigenvalue weighted by Gasteiger charge is 2.01. The fourth-order valence-corrected chi connectivity index (χ4v) is 2.89. The third-order valence-corrected chi connectivity index (χ3v) is 4.11. The maximum absolute atomic E-state index is 10.5. The summed E-state index contributed by atoms with van der Waals surface area (Å²) in [7, 11) is 0. The van der Waals surface area contributed by atoms with E-state index in [0.29, 0.717) is 0 Å². The zero-order chi connectivity index (χ0) is 12.1. The van der Waals surface area contributed by atoms with E-state index >= 15 is 0 Å². The maximum atomic E-state index is 10.5. The lowest BCUT2D eigenvalue weighted by Crippen LogP contribution is -1.99. The molecule has 0 aliphatic heterocycles. The third kappa shape index (κ3) is 3.87. The standard InChI is InChI=1S/C12H11NO2S2/c14-12(15)7-9-1-3-10(4-2-9)17-8-11-13-5-6-16-11/h1-6H,7-8H2,(H,14,15). The van der Waals surface area contributed by atoms with Crippen LogP contribution in [0, 0.1) is 0 Å². The molecule has 0 amide bonds. The molecule has 88 valence electrons. The Morgan fingerprint density at radius 1 is 1.35 bits per heavy atom. The van der Waals surface area contributed by atoms with Crippen molar-refractivity contribution in [2.24, 2.45) is 0 Å². The first kappa shape index (κ1) is 12.1. The Bertz CT molecular complexity index is 480. The molecule has 0 spiro atoms. The molecule has 2 rings (SSSR count). The quantitative estimate of drug-likeness (QED) is 0.844. The van der Waals surface area contributed by atoms with Gasteiger partial charge in [0.1, 0.15) is 5.01 Å². The summed E-state index contributed by atoms with van der Waals surface area (Å²) in [6.07, 6.45) is 1.88. The van der Waals surface area contributed by atoms with Crippen LogP contribution in [0.15, 0.2) is 40.7 Å². The van der Waals surface area contributed by atoms with E-state index in [0.717, 1.165) is 21.2 Å². The highest BCUT2D eigenvalue weighted by molar-refractivity contribution is 7.98. The molecular formula is C12H11NO2S2. The average molecular weight is 265 g/mol. The van der Waals surface area contributed by atoms with Crippen molar-refractivity contribution in [1.82, 2.24) is 4.98 Å². The first-order chi connectivity index (χ1) is 8.24. The van der Waals surface area contributed by atoms with E-state index in [1.807, 2.05) is 29.6 Å². The minimum absolute atomic E-state index is 0.0808. The Kier molecular flexibility index (Phi) is 4.17. The lowest BCUT2D eigenvalue weighted by molar-refractivity contribution is -0.136. The number of thiazole rings is 1. The number of rotatable bonds is 5. The van der Waals surface area contributed by atoms with Gasteiger partial charge in [0, 0.05) is 16.5 Å². The van der Waals surface area contributed by atoms with Crippen molar-refractivity contribution in [2.75, 3.05) is 0 Å². The van der Waals surface area contributed by atoms with Gasteiger partial charge in [-0.05, 0) is 17.7 Å². The number of aliphatic carboxylic acids is 1. The van der Waals surface area contributed by atoms with E-state index in [9.17, 15) is 4.79 Å². The predicted molar refractivity (Wildman–Crippen MR) is 69.5 cm³/mol. The van der Waals surface area contributed by atoms with E-state index in [2.05, 4.69) is 4.98 Å². The second-order valence-electron chi connectivity index (χ2n) is 3.43. The topological polar surface area (TPSA) is 50.2 Å². The highest BCUT2D eigenvalue weighted by atomic mass is 32.2. The van der Waals surface area contributed by atoms with Crippen molar-refractivity contribution in [3.63, 3.8) is 0 Å². The van der Waals surface area contributed by atoms with Crippen LogP contribution in [0.25, 0.3) is 0 Å². The van der Waals surface area contributed by atoms with Gasteiger partial charge in [0.25, 0.3) is 0 Å². The predicted octanol–water partition coefficient (Wildman–Crippen LogP) is 3.06. The second-order valence-corrected chi connectivity index (χ2v) is 5.46. The Morgan fingerprint density at radius 2 is 2.12 bits per heavy atom. The van der Waals surface area contributed by atoms with Gasteiger partial charge in [0.2, 0.25) is 0 Å². The average Bonchev–Trinajstić information content (AvgIpc) is 2.80. The van der Waals surface area contributed by atoms with Crippen molar-refractivity contribution in [2.45, 2.75) is 17.1 Å². The molecule has 1 aromatic heterocycles. The maximum Gasteiger partial charge on any atom is 0.307 e. The molecule has 0 radical (unpaired) electrons. The summed E-state index contributed by atoms with van der Waals surface area (Å²) in [5.74, 6) is 0.0591. The molecule has 0 fully saturated rings. The van der Waals surface area contributed by atoms with Crippen molar-refractivity contribution < 1.29 is 9.90 Å². The van der Waals surface area contributed by atoms with Crippen LogP contribution >= 0.6 is 23.1 Å². The molecule has 0 bridgehead atoms. The van der Waals surface area contributed by atoms with Gasteiger partial charge in [-0.2, -0.15) is 0 Å². The molecule has 3 nitrogen and oxygen atoms in total. The van der Waals surface area contributed by atoms with E-state index in [1.54, 1.807) is 29.3 Å². The SMILES string of the molecule is O=C(O)Cc1ccc(SCc2nccs2)cc1. The fraction of sp³-hybridized carbons (Fsp3) is 0.167. The van der Waals surface area contributed by atoms with E-state index in [-0.39, 0.29) is 6.42 Å². The number of carboxylic acids is 1. The van der Waals surface area contributed by atoms with Crippen molar-refractivity contribution in [1.29, 1.82) is 0 Å². The van der Waals surface area contributed by atoms with E-state index < -0.39 is 5.97 Å². The Labute approximate surface area is 108 Å². The molecular weight excluding hydrogens is 254 g/mol. The molecule has 0 saturated carbocycles. The highest BCUT2D eigenvalue weighted by Crippen LogP contribution is 2.23. The van der Waals surface area contributed by atoms with Gasteiger partial charge < -0.3 is 5.11 Å². The summed E-state index contributed by atoms with van der Waals surface area (Å²) >= 11 is 3.35. The van der Waals surface area contributed by atoms with Crippen LogP contribution in [0.2, 0.25) is 0 Å². The first-order valence-corrected chi connectivity index (χ1v) is 6.92. The normalized spacial score (nSPS) is 10.4. The van der Waals surface area contributed by atoms with Crippen molar-refractivity contribution in [3.8, 4) is 0 Å². The summed E-state index contributed by atoms with van der Waals surface area (Å²) in [5.41, 5.74) is 0.830. The number of hydrogen-bond donors (Lipinski definition) is 1. The number of nitrogens with zero attached hydrogens (tertiary/aromatic N) is 1. The van der Waals surface area contributed by atoms with Crippen LogP contribution in [0.4, 0.5) is 0 Å². The molecule has 0 atom stereocenters. The lowest BCUT2D eigenvalue weighted by Gasteiger charge is -2.01. The molecule has 17 heavy (non-hydrogen) atoms. The molecule has 5 heteroatoms. The molecule has 0 aliphatic rings. The van der Waals surface area contributed by atoms with Crippen LogP contribution in [0.1, 0.15) is 10.6 Å². The van der Waals surface area contributed by atoms with Gasteiger partial charge in [-0.15, -0.1) is 23.1 Å². The molecule has 0 saturated heterocycles. The van der Waals surface area contributed by atoms with E-state index in [4.69, 9.17) is 5.11 Å². The van der Waals surface area contributed by atoms with Crippen LogP contribution < -0.4 is 0 Å². The Morgan fingerprint density at radius 3 is 2.71 bits per heavy atom. The minimum Gasteiger partial charge on any atom is -0.481 e. The number of aromatic nitrogens is 1. The molecule has 0 aliphatic carbocycles. The van der Waals surface area contributed by atoms with Gasteiger partial charge in [0.15, 0.2) is 0 Å². The van der Waals surface area contributed by atoms with E-state index in [1.165, 1.54) is 0 Å². The number of carbonyl (C=O) groups is 1. The molecule has 1 aromatic carbocycles. The Balaban J connectivity index is 1.91. The van der Waals surface area contributed by atoms with Gasteiger partial charge in [-0.25, -0.2) is 4.98 Å². The third-order valence-electron chi connectivity index (χ3n) is 2.12. The minimum atomic E-state index is -0.798. The monoisotopic (exact) mass is 265 g/mol. The Hall–Kier alpha value is -1.33. The molecule has 0 unspecified atom stereocenters. The van der Waals surface area contributed by atoms with Crippen LogP contribution in [0.5, 0.6) is 0 Å². The number of hydrogen-bond acceptors (Lipinski definition) is 4. The largest absolute Gasteiger partial charge is 0.481 e. The van der Waals surface area contributed by atoms with Gasteiger partial charge in [-0.3, -0.25) is 4.79 Å². The number of carboxylic acid groups (broad SMARTS) is 1. The summed E-state index contributed by atoms with van der Waals surface area (Å²) in [6, 6.07) is 7.63. The fourth-order valence-electron chi connectivity index (χ4n) is 1.35. The van der Waals surface area contributed by atoms with Gasteiger partial charge >= 0.3 is 5.97 Å². The summed E-state index contributed by atoms with van der Waals surface area (Å²) in [4.78, 5) is 15.9. The number of thioether (sulfide) groups is 1. The molecule has 1 heterocycles. The van der Waals surface area contributed by atoms with Gasteiger partial charge in [0.05, 0.1) is 12.2 Å². The van der Waals surface area contributed by atoms with Crippen molar-refractivity contribution >= 4 is 29.1 Å². The van der Waals surface area contributed by atoms with Crippen LogP contribution in [0.3, 0.4) is 0 Å². The summed E-state index contributed by atoms with van der Waals surface area (Å²) < 4.78 is 0. The van der Waals surface area contributed by atoms with Crippen molar-refractivity contribution in [3.05, 3.63) is 46.4 Å². The zero-order valence-corrected chi connectivity index (χ0v) is 10.6. The van der Waals surface area contributed by atoms with Gasteiger partial charge in [-0.1, -0.05) is 12.1 Å².